The molecule has 0 radical (unpaired) electrons. The molecule has 0 aliphatic carbocycles. The van der Waals surface area contributed by atoms with Crippen LogP contribution in [0.3, 0.4) is 0 Å². The Kier molecular flexibility index (Phi) is 6.35. The van der Waals surface area contributed by atoms with Gasteiger partial charge in [-0.05, 0) is 52.9 Å². The molecule has 0 spiro atoms. The third-order valence-electron chi connectivity index (χ3n) is 5.64. The first kappa shape index (κ1) is 22.1. The zero-order chi connectivity index (χ0) is 22.8. The molecule has 6 heteroatoms. The molecule has 1 N–H and O–H groups in total. The van der Waals surface area contributed by atoms with Gasteiger partial charge in [0.25, 0.3) is 5.91 Å². The van der Waals surface area contributed by atoms with Gasteiger partial charge in [0.05, 0.1) is 5.56 Å². The van der Waals surface area contributed by atoms with Gasteiger partial charge < -0.3 is 10.2 Å². The van der Waals surface area contributed by atoms with Crippen LogP contribution in [-0.4, -0.2) is 23.6 Å². The molecule has 162 valence electrons. The molecular formula is C26H22Cl2N2O2. The molecule has 0 bridgehead atoms. The largest absolute Gasteiger partial charge is 0.380 e. The van der Waals surface area contributed by atoms with Crippen LogP contribution in [0.5, 0.6) is 0 Å². The summed E-state index contributed by atoms with van der Waals surface area (Å²) in [5, 5.41) is 4.54. The van der Waals surface area contributed by atoms with Gasteiger partial charge in [0.1, 0.15) is 6.29 Å². The van der Waals surface area contributed by atoms with E-state index >= 15 is 0 Å². The lowest BCUT2D eigenvalue weighted by Crippen LogP contribution is -2.26. The summed E-state index contributed by atoms with van der Waals surface area (Å²) in [4.78, 5) is 26.1. The number of rotatable bonds is 7. The molecule has 1 heterocycles. The average molecular weight is 465 g/mol. The fraction of sp³-hybridized carbons (Fsp3) is 0.154. The standard InChI is InChI=1S/C26H22Cl2N2O2/c1-16(15-31)13-30-14-21-20(19-10-22(27)17(2)23(28)11-19)8-9-24(25(21)26(30)32)29-12-18-6-4-3-5-7-18/h3-11,15,29H,1,12-14H2,2H3. The second-order valence-corrected chi connectivity index (χ2v) is 8.67. The number of nitrogens with zero attached hydrogens (tertiary/aromatic N) is 1. The molecule has 3 aromatic carbocycles. The first-order valence-electron chi connectivity index (χ1n) is 10.2. The summed E-state index contributed by atoms with van der Waals surface area (Å²) in [6, 6.07) is 17.6. The van der Waals surface area contributed by atoms with Crippen molar-refractivity contribution in [1.82, 2.24) is 4.90 Å². The van der Waals surface area contributed by atoms with E-state index in [0.717, 1.165) is 33.5 Å². The van der Waals surface area contributed by atoms with Gasteiger partial charge in [-0.15, -0.1) is 0 Å². The lowest BCUT2D eigenvalue weighted by atomic mass is 9.95. The van der Waals surface area contributed by atoms with E-state index in [1.165, 1.54) is 0 Å². The predicted molar refractivity (Wildman–Crippen MR) is 130 cm³/mol. The molecular weight excluding hydrogens is 443 g/mol. The maximum Gasteiger partial charge on any atom is 0.256 e. The van der Waals surface area contributed by atoms with Gasteiger partial charge in [-0.2, -0.15) is 0 Å². The van der Waals surface area contributed by atoms with Gasteiger partial charge in [-0.25, -0.2) is 0 Å². The Morgan fingerprint density at radius 1 is 1.12 bits per heavy atom. The van der Waals surface area contributed by atoms with Crippen molar-refractivity contribution in [3.8, 4) is 11.1 Å². The molecule has 1 aliphatic heterocycles. The minimum atomic E-state index is -0.135. The fourth-order valence-corrected chi connectivity index (χ4v) is 4.39. The Bertz CT molecular complexity index is 1200. The van der Waals surface area contributed by atoms with Crippen molar-refractivity contribution in [2.24, 2.45) is 0 Å². The molecule has 0 fully saturated rings. The molecule has 0 saturated carbocycles. The fourth-order valence-electron chi connectivity index (χ4n) is 3.90. The molecule has 1 aliphatic rings. The molecule has 0 unspecified atom stereocenters. The SMILES string of the molecule is C=C(C=O)CN1Cc2c(-c3cc(Cl)c(C)c(Cl)c3)ccc(NCc3ccccc3)c2C1=O. The molecule has 0 atom stereocenters. The van der Waals surface area contributed by atoms with Crippen molar-refractivity contribution in [3.63, 3.8) is 0 Å². The van der Waals surface area contributed by atoms with Crippen molar-refractivity contribution >= 4 is 41.1 Å². The van der Waals surface area contributed by atoms with Gasteiger partial charge in [0.15, 0.2) is 0 Å². The van der Waals surface area contributed by atoms with Crippen LogP contribution >= 0.6 is 23.2 Å². The third kappa shape index (κ3) is 4.29. The number of amides is 1. The molecule has 1 amide bonds. The molecule has 4 rings (SSSR count). The van der Waals surface area contributed by atoms with E-state index in [0.29, 0.717) is 40.6 Å². The van der Waals surface area contributed by atoms with E-state index in [2.05, 4.69) is 11.9 Å². The summed E-state index contributed by atoms with van der Waals surface area (Å²) >= 11 is 12.8. The van der Waals surface area contributed by atoms with Crippen LogP contribution in [0.1, 0.15) is 27.0 Å². The lowest BCUT2D eigenvalue weighted by Gasteiger charge is -2.15. The number of halogens is 2. The van der Waals surface area contributed by atoms with Crippen LogP contribution in [0.2, 0.25) is 10.0 Å². The Hall–Kier alpha value is -3.08. The molecule has 0 saturated heterocycles. The molecule has 3 aromatic rings. The normalized spacial score (nSPS) is 12.6. The van der Waals surface area contributed by atoms with Crippen LogP contribution in [-0.2, 0) is 17.9 Å². The lowest BCUT2D eigenvalue weighted by molar-refractivity contribution is -0.105. The van der Waals surface area contributed by atoms with E-state index in [1.807, 2.05) is 61.5 Å². The van der Waals surface area contributed by atoms with E-state index < -0.39 is 0 Å². The first-order chi connectivity index (χ1) is 15.4. The van der Waals surface area contributed by atoms with E-state index in [-0.39, 0.29) is 12.5 Å². The van der Waals surface area contributed by atoms with Crippen LogP contribution in [0.4, 0.5) is 5.69 Å². The predicted octanol–water partition coefficient (Wildman–Crippen LogP) is 6.29. The van der Waals surface area contributed by atoms with E-state index in [9.17, 15) is 9.59 Å². The second-order valence-electron chi connectivity index (χ2n) is 7.86. The number of nitrogens with one attached hydrogen (secondary N) is 1. The van der Waals surface area contributed by atoms with Gasteiger partial charge in [-0.3, -0.25) is 9.59 Å². The summed E-state index contributed by atoms with van der Waals surface area (Å²) in [7, 11) is 0. The highest BCUT2D eigenvalue weighted by molar-refractivity contribution is 6.36. The number of carbonyl (C=O) groups is 2. The van der Waals surface area contributed by atoms with Crippen molar-refractivity contribution in [2.75, 3.05) is 11.9 Å². The zero-order valence-corrected chi connectivity index (χ0v) is 19.1. The summed E-state index contributed by atoms with van der Waals surface area (Å²) < 4.78 is 0. The Morgan fingerprint density at radius 2 is 1.81 bits per heavy atom. The van der Waals surface area contributed by atoms with Gasteiger partial charge in [0, 0.05) is 40.9 Å². The zero-order valence-electron chi connectivity index (χ0n) is 17.6. The number of fused-ring (bicyclic) bond motifs is 1. The maximum atomic E-state index is 13.3. The van der Waals surface area contributed by atoms with Crippen LogP contribution in [0.15, 0.2) is 66.7 Å². The van der Waals surface area contributed by atoms with Gasteiger partial charge in [-0.1, -0.05) is 66.2 Å². The summed E-state index contributed by atoms with van der Waals surface area (Å²) in [5.41, 5.74) is 6.25. The number of hydrogen-bond acceptors (Lipinski definition) is 3. The van der Waals surface area contributed by atoms with Crippen LogP contribution in [0.25, 0.3) is 11.1 Å². The smallest absolute Gasteiger partial charge is 0.256 e. The van der Waals surface area contributed by atoms with Crippen molar-refractivity contribution in [1.29, 1.82) is 0 Å². The van der Waals surface area contributed by atoms with Crippen molar-refractivity contribution in [2.45, 2.75) is 20.0 Å². The van der Waals surface area contributed by atoms with E-state index in [4.69, 9.17) is 23.2 Å². The van der Waals surface area contributed by atoms with Crippen molar-refractivity contribution in [3.05, 3.63) is 99.0 Å². The highest BCUT2D eigenvalue weighted by atomic mass is 35.5. The average Bonchev–Trinajstić information content (AvgIpc) is 3.12. The first-order valence-corrected chi connectivity index (χ1v) is 11.0. The number of hydrogen-bond donors (Lipinski definition) is 1. The summed E-state index contributed by atoms with van der Waals surface area (Å²) in [6.07, 6.45) is 0.686. The number of carbonyl (C=O) groups excluding carboxylic acids is 2. The van der Waals surface area contributed by atoms with Gasteiger partial charge >= 0.3 is 0 Å². The molecule has 4 nitrogen and oxygen atoms in total. The third-order valence-corrected chi connectivity index (χ3v) is 6.43. The highest BCUT2D eigenvalue weighted by Crippen LogP contribution is 2.40. The Balaban J connectivity index is 1.77. The number of anilines is 1. The van der Waals surface area contributed by atoms with E-state index in [1.54, 1.807) is 4.90 Å². The monoisotopic (exact) mass is 464 g/mol. The number of benzene rings is 3. The number of aldehydes is 1. The maximum absolute atomic E-state index is 13.3. The van der Waals surface area contributed by atoms with Crippen LogP contribution in [0, 0.1) is 6.92 Å². The minimum Gasteiger partial charge on any atom is -0.380 e. The Morgan fingerprint density at radius 3 is 2.47 bits per heavy atom. The molecule has 32 heavy (non-hydrogen) atoms. The summed E-state index contributed by atoms with van der Waals surface area (Å²) in [6.45, 7) is 6.75. The van der Waals surface area contributed by atoms with Crippen molar-refractivity contribution < 1.29 is 9.59 Å². The van der Waals surface area contributed by atoms with Gasteiger partial charge in [0.2, 0.25) is 0 Å². The Labute approximate surface area is 197 Å². The van der Waals surface area contributed by atoms with Crippen LogP contribution < -0.4 is 5.32 Å². The quantitative estimate of drug-likeness (QED) is 0.330. The second kappa shape index (κ2) is 9.19. The highest BCUT2D eigenvalue weighted by Gasteiger charge is 2.32. The molecule has 0 aromatic heterocycles. The minimum absolute atomic E-state index is 0.135. The summed E-state index contributed by atoms with van der Waals surface area (Å²) in [5.74, 6) is -0.135. The topological polar surface area (TPSA) is 49.4 Å².